The van der Waals surface area contributed by atoms with Gasteiger partial charge in [0.25, 0.3) is 0 Å². The summed E-state index contributed by atoms with van der Waals surface area (Å²) in [6.45, 7) is 7.77. The zero-order valence-electron chi connectivity index (χ0n) is 14.2. The number of benzene rings is 1. The topological polar surface area (TPSA) is 61.4 Å². The van der Waals surface area contributed by atoms with E-state index >= 15 is 0 Å². The van der Waals surface area contributed by atoms with Crippen LogP contribution in [0.2, 0.25) is 0 Å². The summed E-state index contributed by atoms with van der Waals surface area (Å²) in [6, 6.07) is 5.80. The standard InChI is InChI=1S/C17H25N3O2.ClH/c1-11-6-5-7-15(12(11)2)19-16(21)10-20(4)17(22)13(3)14-8-18-9-14;/h5-7,13-14,18H,8-10H2,1-4H3,(H,19,21);1H. The molecule has 1 aromatic rings. The number of aryl methyl sites for hydroxylation is 1. The Labute approximate surface area is 144 Å². The number of carbonyl (C=O) groups is 2. The van der Waals surface area contributed by atoms with Crippen LogP contribution >= 0.6 is 12.4 Å². The summed E-state index contributed by atoms with van der Waals surface area (Å²) in [5.41, 5.74) is 2.99. The van der Waals surface area contributed by atoms with Gasteiger partial charge in [-0.2, -0.15) is 0 Å². The number of hydrogen-bond donors (Lipinski definition) is 2. The summed E-state index contributed by atoms with van der Waals surface area (Å²) in [5.74, 6) is 0.211. The van der Waals surface area contributed by atoms with Crippen molar-refractivity contribution >= 4 is 29.9 Å². The Morgan fingerprint density at radius 1 is 1.35 bits per heavy atom. The molecule has 128 valence electrons. The third-order valence-corrected chi connectivity index (χ3v) is 4.55. The van der Waals surface area contributed by atoms with Gasteiger partial charge in [-0.05, 0) is 50.0 Å². The summed E-state index contributed by atoms with van der Waals surface area (Å²) in [5, 5.41) is 6.06. The maximum atomic E-state index is 12.3. The number of nitrogens with zero attached hydrogens (tertiary/aromatic N) is 1. The molecule has 1 aliphatic heterocycles. The molecular weight excluding hydrogens is 314 g/mol. The number of likely N-dealkylation sites (N-methyl/N-ethyl adjacent to an activating group) is 1. The lowest BCUT2D eigenvalue weighted by Gasteiger charge is -2.33. The molecule has 0 aromatic heterocycles. The van der Waals surface area contributed by atoms with Gasteiger partial charge in [-0.1, -0.05) is 19.1 Å². The molecule has 1 aromatic carbocycles. The van der Waals surface area contributed by atoms with Crippen LogP contribution in [0.3, 0.4) is 0 Å². The van der Waals surface area contributed by atoms with Crippen LogP contribution in [0.15, 0.2) is 18.2 Å². The lowest BCUT2D eigenvalue weighted by Crippen LogP contribution is -2.50. The average molecular weight is 340 g/mol. The minimum atomic E-state index is -0.163. The molecule has 1 heterocycles. The van der Waals surface area contributed by atoms with Crippen molar-refractivity contribution in [2.45, 2.75) is 20.8 Å². The lowest BCUT2D eigenvalue weighted by atomic mass is 9.88. The molecule has 0 spiro atoms. The maximum absolute atomic E-state index is 12.3. The van der Waals surface area contributed by atoms with Crippen LogP contribution in [0.5, 0.6) is 0 Å². The second-order valence-electron chi connectivity index (χ2n) is 6.20. The summed E-state index contributed by atoms with van der Waals surface area (Å²) >= 11 is 0. The van der Waals surface area contributed by atoms with Crippen LogP contribution in [0, 0.1) is 25.7 Å². The molecule has 5 nitrogen and oxygen atoms in total. The minimum absolute atomic E-state index is 0. The fourth-order valence-corrected chi connectivity index (χ4v) is 2.58. The quantitative estimate of drug-likeness (QED) is 0.862. The van der Waals surface area contributed by atoms with Crippen molar-refractivity contribution in [3.8, 4) is 0 Å². The van der Waals surface area contributed by atoms with Crippen LogP contribution in [-0.2, 0) is 9.59 Å². The van der Waals surface area contributed by atoms with Gasteiger partial charge in [0.1, 0.15) is 0 Å². The molecule has 0 saturated carbocycles. The van der Waals surface area contributed by atoms with Crippen molar-refractivity contribution in [3.63, 3.8) is 0 Å². The van der Waals surface area contributed by atoms with E-state index in [0.29, 0.717) is 5.92 Å². The largest absolute Gasteiger partial charge is 0.336 e. The molecule has 6 heteroatoms. The number of carbonyl (C=O) groups excluding carboxylic acids is 2. The highest BCUT2D eigenvalue weighted by molar-refractivity contribution is 5.95. The second kappa shape index (κ2) is 8.31. The normalized spacial score (nSPS) is 15.1. The molecular formula is C17H26ClN3O2. The Kier molecular flexibility index (Phi) is 7.03. The van der Waals surface area contributed by atoms with Gasteiger partial charge in [0.05, 0.1) is 6.54 Å². The van der Waals surface area contributed by atoms with Gasteiger partial charge in [0.15, 0.2) is 0 Å². The first-order valence-electron chi connectivity index (χ1n) is 7.72. The van der Waals surface area contributed by atoms with Gasteiger partial charge in [0, 0.05) is 18.7 Å². The molecule has 2 rings (SSSR count). The van der Waals surface area contributed by atoms with E-state index in [1.807, 2.05) is 39.0 Å². The third-order valence-electron chi connectivity index (χ3n) is 4.55. The zero-order valence-corrected chi connectivity index (χ0v) is 15.0. The van der Waals surface area contributed by atoms with Crippen LogP contribution in [0.4, 0.5) is 5.69 Å². The van der Waals surface area contributed by atoms with Gasteiger partial charge < -0.3 is 15.5 Å². The van der Waals surface area contributed by atoms with Crippen LogP contribution in [0.1, 0.15) is 18.1 Å². The van der Waals surface area contributed by atoms with Crippen molar-refractivity contribution in [1.82, 2.24) is 10.2 Å². The number of amides is 2. The van der Waals surface area contributed by atoms with E-state index in [2.05, 4.69) is 10.6 Å². The highest BCUT2D eigenvalue weighted by Gasteiger charge is 2.30. The molecule has 0 aliphatic carbocycles. The zero-order chi connectivity index (χ0) is 16.3. The van der Waals surface area contributed by atoms with E-state index in [0.717, 1.165) is 29.9 Å². The van der Waals surface area contributed by atoms with Gasteiger partial charge >= 0.3 is 0 Å². The number of hydrogen-bond acceptors (Lipinski definition) is 3. The molecule has 0 radical (unpaired) electrons. The Morgan fingerprint density at radius 3 is 2.57 bits per heavy atom. The van der Waals surface area contributed by atoms with Crippen molar-refractivity contribution in [1.29, 1.82) is 0 Å². The van der Waals surface area contributed by atoms with E-state index in [1.54, 1.807) is 7.05 Å². The molecule has 1 fully saturated rings. The van der Waals surface area contributed by atoms with Crippen LogP contribution in [-0.4, -0.2) is 43.4 Å². The Morgan fingerprint density at radius 2 is 2.00 bits per heavy atom. The summed E-state index contributed by atoms with van der Waals surface area (Å²) in [6.07, 6.45) is 0. The lowest BCUT2D eigenvalue weighted by molar-refractivity contribution is -0.138. The molecule has 23 heavy (non-hydrogen) atoms. The Balaban J connectivity index is 0.00000264. The first-order valence-corrected chi connectivity index (χ1v) is 7.72. The minimum Gasteiger partial charge on any atom is -0.336 e. The maximum Gasteiger partial charge on any atom is 0.243 e. The molecule has 2 amide bonds. The van der Waals surface area contributed by atoms with E-state index in [1.165, 1.54) is 4.90 Å². The Hall–Kier alpha value is -1.59. The van der Waals surface area contributed by atoms with E-state index < -0.39 is 0 Å². The fraction of sp³-hybridized carbons (Fsp3) is 0.529. The average Bonchev–Trinajstić information content (AvgIpc) is 2.41. The third kappa shape index (κ3) is 4.69. The predicted octanol–water partition coefficient (Wildman–Crippen LogP) is 1.98. The Bertz CT molecular complexity index is 573. The van der Waals surface area contributed by atoms with E-state index in [4.69, 9.17) is 0 Å². The number of rotatable bonds is 5. The molecule has 1 aliphatic rings. The molecule has 0 bridgehead atoms. The summed E-state index contributed by atoms with van der Waals surface area (Å²) < 4.78 is 0. The van der Waals surface area contributed by atoms with Gasteiger partial charge in [0.2, 0.25) is 11.8 Å². The van der Waals surface area contributed by atoms with E-state index in [-0.39, 0.29) is 36.7 Å². The smallest absolute Gasteiger partial charge is 0.243 e. The first-order chi connectivity index (χ1) is 10.4. The van der Waals surface area contributed by atoms with Crippen molar-refractivity contribution < 1.29 is 9.59 Å². The van der Waals surface area contributed by atoms with Gasteiger partial charge in [-0.25, -0.2) is 0 Å². The summed E-state index contributed by atoms with van der Waals surface area (Å²) in [4.78, 5) is 26.0. The highest BCUT2D eigenvalue weighted by atomic mass is 35.5. The SMILES string of the molecule is Cc1cccc(NC(=O)CN(C)C(=O)C(C)C2CNC2)c1C.Cl. The monoisotopic (exact) mass is 339 g/mol. The second-order valence-corrected chi connectivity index (χ2v) is 6.20. The van der Waals surface area contributed by atoms with E-state index in [9.17, 15) is 9.59 Å². The number of anilines is 1. The number of nitrogens with one attached hydrogen (secondary N) is 2. The summed E-state index contributed by atoms with van der Waals surface area (Å²) in [7, 11) is 1.69. The molecule has 2 N–H and O–H groups in total. The van der Waals surface area contributed by atoms with Crippen LogP contribution in [0.25, 0.3) is 0 Å². The van der Waals surface area contributed by atoms with Crippen molar-refractivity contribution in [2.75, 3.05) is 32.0 Å². The van der Waals surface area contributed by atoms with Crippen LogP contribution < -0.4 is 10.6 Å². The van der Waals surface area contributed by atoms with Gasteiger partial charge in [-0.3, -0.25) is 9.59 Å². The first kappa shape index (κ1) is 19.5. The van der Waals surface area contributed by atoms with Crippen molar-refractivity contribution in [2.24, 2.45) is 11.8 Å². The van der Waals surface area contributed by atoms with Crippen molar-refractivity contribution in [3.05, 3.63) is 29.3 Å². The molecule has 1 atom stereocenters. The predicted molar refractivity (Wildman–Crippen MR) is 95.0 cm³/mol. The highest BCUT2D eigenvalue weighted by Crippen LogP contribution is 2.19. The molecule has 1 unspecified atom stereocenters. The molecule has 1 saturated heterocycles. The fourth-order valence-electron chi connectivity index (χ4n) is 2.58. The van der Waals surface area contributed by atoms with Gasteiger partial charge in [-0.15, -0.1) is 12.4 Å². The number of halogens is 1.